The van der Waals surface area contributed by atoms with E-state index in [1.54, 1.807) is 114 Å². The number of benzene rings is 4. The molecule has 18 heterocycles. The van der Waals surface area contributed by atoms with E-state index in [9.17, 15) is 22.0 Å². The number of pyridine rings is 7. The SMILES string of the molecule is C.C.C.C.CCN(CC)c1ncc(-c2nc3ccncc3n2-c2ccc(C)cc2)cn1.CCN(CC)c1ncc(-c2nc3ccncc3n2-c2ccc(C)nc2)cn1.CCN(CC)c1ncc(-c2nc3ccncc3n2-c2ccc(F)cc2)cn1.Cc1cc(N2CCCCC2)ncc1-c1nc2ccncc2n1-c1ccc(F)cc1F.Fc1ccc(-n2c(-c3cnc(NC4CCOCC4)nc3)nc3ccncc32)c(F)c1. The van der Waals surface area contributed by atoms with Gasteiger partial charge >= 0.3 is 0 Å². The van der Waals surface area contributed by atoms with Gasteiger partial charge in [-0.15, -0.1) is 0 Å². The first kappa shape index (κ1) is 104. The van der Waals surface area contributed by atoms with E-state index in [4.69, 9.17) is 24.7 Å². The largest absolute Gasteiger partial charge is 0.381 e. The van der Waals surface area contributed by atoms with Gasteiger partial charge in [0.15, 0.2) is 0 Å². The number of ether oxygens (including phenoxy) is 1. The van der Waals surface area contributed by atoms with E-state index in [1.165, 1.54) is 61.2 Å². The number of aryl methyl sites for hydroxylation is 3. The minimum absolute atomic E-state index is 0. The molecule has 22 rings (SSSR count). The molecule has 1 N–H and O–H groups in total. The molecule has 0 spiro atoms. The molecule has 0 saturated carbocycles. The Morgan fingerprint density at radius 3 is 1.06 bits per heavy atom. The fraction of sp³-hybridized carbons (Fsp3) is 0.266. The van der Waals surface area contributed by atoms with Gasteiger partial charge in [-0.05, 0) is 209 Å². The second-order valence-electron chi connectivity index (χ2n) is 33.4. The van der Waals surface area contributed by atoms with Gasteiger partial charge in [-0.2, -0.15) is 0 Å². The highest BCUT2D eigenvalue weighted by molar-refractivity contribution is 5.87. The smallest absolute Gasteiger partial charge is 0.225 e. The van der Waals surface area contributed by atoms with Crippen LogP contribution in [0.15, 0.2) is 257 Å². The molecule has 4 aromatic carbocycles. The molecule has 0 aliphatic carbocycles. The van der Waals surface area contributed by atoms with E-state index in [1.807, 2.05) is 96.7 Å². The van der Waals surface area contributed by atoms with Crippen LogP contribution < -0.4 is 24.9 Å². The first-order valence-electron chi connectivity index (χ1n) is 46.8. The van der Waals surface area contributed by atoms with Crippen molar-refractivity contribution >= 4 is 84.8 Å². The first-order chi connectivity index (χ1) is 68.9. The molecule has 145 heavy (non-hydrogen) atoms. The predicted octanol–water partition coefficient (Wildman–Crippen LogP) is 22.7. The third kappa shape index (κ3) is 22.9. The molecular formula is C109H117F5N30O. The topological polar surface area (TPSA) is 317 Å². The molecule has 2 fully saturated rings. The minimum Gasteiger partial charge on any atom is -0.381 e. The number of rotatable bonds is 22. The summed E-state index contributed by atoms with van der Waals surface area (Å²) in [7, 11) is 0. The third-order valence-corrected chi connectivity index (χ3v) is 24.4. The van der Waals surface area contributed by atoms with Crippen molar-refractivity contribution in [3.05, 3.63) is 303 Å². The Bertz CT molecular complexity index is 7260. The van der Waals surface area contributed by atoms with Crippen LogP contribution in [0.4, 0.5) is 51.6 Å². The molecule has 2 aliphatic rings. The van der Waals surface area contributed by atoms with Crippen LogP contribution in [0.25, 0.3) is 141 Å². The highest BCUT2D eigenvalue weighted by Crippen LogP contribution is 2.38. The standard InChI is InChI=1S/C23H21F2N5.C21H18F2N6O.C21H22N6.C20H19FN6.C20H21N7.4CH4/c1-15-11-22(29-9-3-2-4-10-29)27-13-17(15)23-28-19-7-8-26-14-21(19)30(23)20-6-5-16(24)12-18(20)25;22-14-1-2-18(16(23)9-14)29-19-12-24-6-3-17(19)28-20(29)13-10-25-21(26-11-13)27-15-4-7-30-8-5-15;1-4-26(5-2)21-23-12-16(13-24-21)20-25-18-10-11-22-14-19(18)27(20)17-8-6-15(3)7-9-17;1-3-26(4-2)20-23-11-14(12-24-20)19-25-17-9-10-22-13-18(17)27(19)16-7-5-15(21)6-8-16;1-4-26(5-2)20-23-10-15(11-24-20)19-25-17-8-9-21-13-18(17)27(19)16-7-6-14(3)22-12-16;;;;/h5-8,11-14H,2-4,9-10H2,1H3;1-3,6,9-12,15H,4-5,7-8H2,(H,25,26,27);6-14H,4-5H2,1-3H3;5-13H,3-4H2,1-2H3;6-13H,4-5H2,1-3H3;4*1H4. The number of halogens is 5. The van der Waals surface area contributed by atoms with Gasteiger partial charge in [0.25, 0.3) is 0 Å². The van der Waals surface area contributed by atoms with Crippen molar-refractivity contribution in [3.63, 3.8) is 0 Å². The zero-order valence-electron chi connectivity index (χ0n) is 79.2. The lowest BCUT2D eigenvalue weighted by Crippen LogP contribution is -2.30. The van der Waals surface area contributed by atoms with Crippen LogP contribution in [0.5, 0.6) is 0 Å². The molecule has 16 aromatic heterocycles. The average Bonchev–Trinajstić information content (AvgIpc) is 1.61. The van der Waals surface area contributed by atoms with Gasteiger partial charge in [-0.25, -0.2) is 91.7 Å². The van der Waals surface area contributed by atoms with Gasteiger partial charge in [0, 0.05) is 193 Å². The Hall–Kier alpha value is -16.8. The summed E-state index contributed by atoms with van der Waals surface area (Å²) in [6.07, 6.45) is 40.3. The normalized spacial score (nSPS) is 12.2. The Kier molecular flexibility index (Phi) is 34.2. The van der Waals surface area contributed by atoms with Crippen molar-refractivity contribution in [1.82, 2.24) is 123 Å². The monoisotopic (exact) mass is 1960 g/mol. The van der Waals surface area contributed by atoms with Crippen molar-refractivity contribution in [2.24, 2.45) is 0 Å². The maximum absolute atomic E-state index is 14.7. The third-order valence-electron chi connectivity index (χ3n) is 24.4. The lowest BCUT2D eigenvalue weighted by Gasteiger charge is -2.28. The zero-order valence-corrected chi connectivity index (χ0v) is 79.2. The van der Waals surface area contributed by atoms with Gasteiger partial charge < -0.3 is 29.7 Å². The van der Waals surface area contributed by atoms with Gasteiger partial charge in [0.2, 0.25) is 23.8 Å². The number of hydrogen-bond acceptors (Lipinski definition) is 26. The van der Waals surface area contributed by atoms with Crippen molar-refractivity contribution in [1.29, 1.82) is 0 Å². The lowest BCUT2D eigenvalue weighted by molar-refractivity contribution is 0.0903. The van der Waals surface area contributed by atoms with Crippen LogP contribution in [-0.2, 0) is 4.74 Å². The summed E-state index contributed by atoms with van der Waals surface area (Å²) < 4.78 is 84.4. The molecule has 2 saturated heterocycles. The second kappa shape index (κ2) is 47.7. The van der Waals surface area contributed by atoms with Crippen LogP contribution in [0.3, 0.4) is 0 Å². The predicted molar refractivity (Wildman–Crippen MR) is 565 cm³/mol. The van der Waals surface area contributed by atoms with E-state index in [0.717, 1.165) is 204 Å². The first-order valence-corrected chi connectivity index (χ1v) is 46.8. The summed E-state index contributed by atoms with van der Waals surface area (Å²) in [5.41, 5.74) is 18.1. The number of nitrogens with zero attached hydrogens (tertiary/aromatic N) is 29. The average molecular weight is 1960 g/mol. The Morgan fingerprint density at radius 2 is 0.683 bits per heavy atom. The fourth-order valence-corrected chi connectivity index (χ4v) is 17.0. The van der Waals surface area contributed by atoms with Crippen molar-refractivity contribution < 1.29 is 26.7 Å². The molecular weight excluding hydrogens is 1840 g/mol. The molecule has 744 valence electrons. The van der Waals surface area contributed by atoms with Crippen molar-refractivity contribution in [2.75, 3.05) is 90.5 Å². The summed E-state index contributed by atoms with van der Waals surface area (Å²) in [6.45, 7) is 27.2. The number of imidazole rings is 5. The number of aromatic nitrogens is 25. The van der Waals surface area contributed by atoms with E-state index in [0.29, 0.717) is 57.0 Å². The Morgan fingerprint density at radius 1 is 0.338 bits per heavy atom. The van der Waals surface area contributed by atoms with Gasteiger partial charge in [0.1, 0.15) is 64.0 Å². The number of nitrogens with one attached hydrogen (secondary N) is 1. The second-order valence-corrected chi connectivity index (χ2v) is 33.4. The Labute approximate surface area is 838 Å². The highest BCUT2D eigenvalue weighted by atomic mass is 19.1. The maximum atomic E-state index is 14.7. The molecule has 0 bridgehead atoms. The molecule has 2 aliphatic heterocycles. The van der Waals surface area contributed by atoms with Gasteiger partial charge in [-0.3, -0.25) is 52.7 Å². The zero-order chi connectivity index (χ0) is 97.6. The Balaban J connectivity index is 0.000000143. The molecule has 0 amide bonds. The summed E-state index contributed by atoms with van der Waals surface area (Å²) in [5.74, 6) is 4.00. The summed E-state index contributed by atoms with van der Waals surface area (Å²) in [6, 6.07) is 37.2. The molecule has 0 atom stereocenters. The summed E-state index contributed by atoms with van der Waals surface area (Å²) in [5, 5.41) is 3.31. The van der Waals surface area contributed by atoms with Crippen molar-refractivity contribution in [2.45, 2.75) is 130 Å². The molecule has 0 unspecified atom stereocenters. The molecule has 20 aromatic rings. The number of fused-ring (bicyclic) bond motifs is 5. The van der Waals surface area contributed by atoms with E-state index in [2.05, 4.69) is 188 Å². The van der Waals surface area contributed by atoms with Crippen LogP contribution in [-0.4, -0.2) is 194 Å². The van der Waals surface area contributed by atoms with Crippen molar-refractivity contribution in [3.8, 4) is 85.4 Å². The number of anilines is 5. The van der Waals surface area contributed by atoms with Gasteiger partial charge in [0.05, 0.1) is 132 Å². The van der Waals surface area contributed by atoms with Crippen LogP contribution in [0.2, 0.25) is 0 Å². The summed E-state index contributed by atoms with van der Waals surface area (Å²) in [4.78, 5) is 98.5. The lowest BCUT2D eigenvalue weighted by atomic mass is 10.1. The highest BCUT2D eigenvalue weighted by Gasteiger charge is 2.27. The van der Waals surface area contributed by atoms with E-state index < -0.39 is 23.3 Å². The van der Waals surface area contributed by atoms with Crippen LogP contribution in [0, 0.1) is 49.9 Å². The summed E-state index contributed by atoms with van der Waals surface area (Å²) >= 11 is 0. The quantitative estimate of drug-likeness (QED) is 0.0616. The molecule has 31 nitrogen and oxygen atoms in total. The maximum Gasteiger partial charge on any atom is 0.225 e. The van der Waals surface area contributed by atoms with E-state index in [-0.39, 0.29) is 52.9 Å². The molecule has 36 heteroatoms. The van der Waals surface area contributed by atoms with Crippen LogP contribution >= 0.6 is 0 Å². The number of piperidine rings is 1. The fourth-order valence-electron chi connectivity index (χ4n) is 17.0. The number of hydrogen-bond donors (Lipinski definition) is 1. The van der Waals surface area contributed by atoms with Crippen LogP contribution in [0.1, 0.15) is 120 Å². The van der Waals surface area contributed by atoms with E-state index >= 15 is 0 Å². The molecule has 0 radical (unpaired) electrons. The minimum atomic E-state index is -0.696. The van der Waals surface area contributed by atoms with Gasteiger partial charge in [-0.1, -0.05) is 47.4 Å².